The number of aryl methyl sites for hydroxylation is 1. The Hall–Kier alpha value is -1.69. The number of rotatable bonds is 3. The molecule has 106 valence electrons. The molecule has 0 aliphatic carbocycles. The molecule has 1 fully saturated rings. The van der Waals surface area contributed by atoms with E-state index in [2.05, 4.69) is 15.3 Å². The van der Waals surface area contributed by atoms with Crippen molar-refractivity contribution in [1.82, 2.24) is 14.5 Å². The molecule has 0 bridgehead atoms. The molecule has 0 spiro atoms. The number of imidazole rings is 1. The smallest absolute Gasteiger partial charge is 0.161 e. The quantitative estimate of drug-likeness (QED) is 0.938. The summed E-state index contributed by atoms with van der Waals surface area (Å²) in [7, 11) is -0.628. The van der Waals surface area contributed by atoms with Crippen LogP contribution in [-0.4, -0.2) is 36.3 Å². The minimum atomic E-state index is -0.628. The molecule has 0 atom stereocenters. The standard InChI is InChI=1S/C14H18N4OS/c1-11-15-7-8-18(11)14-13(3-2-6-16-14)17-12-4-9-20(19)10-5-12/h2-3,6-8,12,17H,4-5,9-10H2,1H3. The fourth-order valence-corrected chi connectivity index (χ4v) is 3.76. The van der Waals surface area contributed by atoms with Crippen molar-refractivity contribution < 1.29 is 4.21 Å². The van der Waals surface area contributed by atoms with Crippen molar-refractivity contribution in [1.29, 1.82) is 0 Å². The summed E-state index contributed by atoms with van der Waals surface area (Å²) in [6, 6.07) is 4.34. The van der Waals surface area contributed by atoms with Gasteiger partial charge < -0.3 is 5.32 Å². The largest absolute Gasteiger partial charge is 0.379 e. The van der Waals surface area contributed by atoms with Crippen LogP contribution < -0.4 is 5.32 Å². The third-order valence-corrected chi connectivity index (χ3v) is 4.97. The van der Waals surface area contributed by atoms with Crippen molar-refractivity contribution in [2.45, 2.75) is 25.8 Å². The molecule has 0 amide bonds. The topological polar surface area (TPSA) is 59.8 Å². The molecule has 0 saturated carbocycles. The molecule has 5 nitrogen and oxygen atoms in total. The average Bonchev–Trinajstić information content (AvgIpc) is 2.88. The molecule has 2 aromatic heterocycles. The van der Waals surface area contributed by atoms with Gasteiger partial charge >= 0.3 is 0 Å². The Kier molecular flexibility index (Phi) is 3.82. The van der Waals surface area contributed by atoms with Gasteiger partial charge in [-0.15, -0.1) is 0 Å². The summed E-state index contributed by atoms with van der Waals surface area (Å²) in [4.78, 5) is 8.71. The number of hydrogen-bond donors (Lipinski definition) is 1. The Morgan fingerprint density at radius 3 is 2.80 bits per heavy atom. The van der Waals surface area contributed by atoms with E-state index in [1.807, 2.05) is 29.8 Å². The van der Waals surface area contributed by atoms with Crippen molar-refractivity contribution >= 4 is 16.5 Å². The predicted molar refractivity (Wildman–Crippen MR) is 80.6 cm³/mol. The average molecular weight is 290 g/mol. The van der Waals surface area contributed by atoms with Gasteiger partial charge in [0.25, 0.3) is 0 Å². The van der Waals surface area contributed by atoms with Gasteiger partial charge in [-0.2, -0.15) is 0 Å². The van der Waals surface area contributed by atoms with Crippen LogP contribution in [0.3, 0.4) is 0 Å². The second kappa shape index (κ2) is 5.75. The number of anilines is 1. The first-order valence-electron chi connectivity index (χ1n) is 6.81. The van der Waals surface area contributed by atoms with Gasteiger partial charge in [0, 0.05) is 46.9 Å². The molecule has 1 aliphatic heterocycles. The first-order chi connectivity index (χ1) is 9.74. The molecule has 1 saturated heterocycles. The van der Waals surface area contributed by atoms with Crippen molar-refractivity contribution in [3.05, 3.63) is 36.5 Å². The predicted octanol–water partition coefficient (Wildman–Crippen LogP) is 1.90. The van der Waals surface area contributed by atoms with Crippen molar-refractivity contribution in [3.63, 3.8) is 0 Å². The molecule has 1 aliphatic rings. The van der Waals surface area contributed by atoms with Crippen LogP contribution in [0.2, 0.25) is 0 Å². The third-order valence-electron chi connectivity index (χ3n) is 3.59. The van der Waals surface area contributed by atoms with Gasteiger partial charge in [0.15, 0.2) is 5.82 Å². The zero-order chi connectivity index (χ0) is 13.9. The van der Waals surface area contributed by atoms with E-state index >= 15 is 0 Å². The lowest BCUT2D eigenvalue weighted by atomic mass is 10.1. The monoisotopic (exact) mass is 290 g/mol. The Balaban J connectivity index is 1.83. The van der Waals surface area contributed by atoms with Crippen LogP contribution in [0.25, 0.3) is 5.82 Å². The highest BCUT2D eigenvalue weighted by Crippen LogP contribution is 2.22. The second-order valence-electron chi connectivity index (χ2n) is 4.99. The Bertz CT molecular complexity index is 615. The van der Waals surface area contributed by atoms with Crippen LogP contribution >= 0.6 is 0 Å². The lowest BCUT2D eigenvalue weighted by molar-refractivity contribution is 0.623. The highest BCUT2D eigenvalue weighted by atomic mass is 32.2. The van der Waals surface area contributed by atoms with Crippen molar-refractivity contribution in [2.75, 3.05) is 16.8 Å². The van der Waals surface area contributed by atoms with Crippen LogP contribution in [0.15, 0.2) is 30.7 Å². The minimum absolute atomic E-state index is 0.375. The molecule has 2 aromatic rings. The zero-order valence-electron chi connectivity index (χ0n) is 11.5. The van der Waals surface area contributed by atoms with Crippen LogP contribution in [0, 0.1) is 6.92 Å². The summed E-state index contributed by atoms with van der Waals surface area (Å²) in [6.45, 7) is 1.96. The molecular weight excluding hydrogens is 272 g/mol. The van der Waals surface area contributed by atoms with E-state index in [9.17, 15) is 4.21 Å². The SMILES string of the molecule is Cc1nccn1-c1ncccc1NC1CCS(=O)CC1. The van der Waals surface area contributed by atoms with Gasteiger partial charge in [-0.3, -0.25) is 8.78 Å². The van der Waals surface area contributed by atoms with Crippen LogP contribution in [0.5, 0.6) is 0 Å². The van der Waals surface area contributed by atoms with Gasteiger partial charge in [0.05, 0.1) is 5.69 Å². The first kappa shape index (κ1) is 13.3. The molecule has 0 aromatic carbocycles. The highest BCUT2D eigenvalue weighted by molar-refractivity contribution is 7.85. The number of nitrogens with one attached hydrogen (secondary N) is 1. The maximum Gasteiger partial charge on any atom is 0.161 e. The molecule has 6 heteroatoms. The molecule has 3 heterocycles. The summed E-state index contributed by atoms with van der Waals surface area (Å²) in [5, 5.41) is 3.54. The molecule has 1 N–H and O–H groups in total. The summed E-state index contributed by atoms with van der Waals surface area (Å²) >= 11 is 0. The van der Waals surface area contributed by atoms with Gasteiger partial charge in [-0.05, 0) is 31.9 Å². The van der Waals surface area contributed by atoms with E-state index in [1.165, 1.54) is 0 Å². The summed E-state index contributed by atoms with van der Waals surface area (Å²) in [5.41, 5.74) is 1.01. The molecule has 3 rings (SSSR count). The van der Waals surface area contributed by atoms with Crippen molar-refractivity contribution in [2.24, 2.45) is 0 Å². The fourth-order valence-electron chi connectivity index (χ4n) is 2.46. The maximum atomic E-state index is 11.4. The second-order valence-corrected chi connectivity index (χ2v) is 6.68. The number of aromatic nitrogens is 3. The third kappa shape index (κ3) is 2.75. The van der Waals surface area contributed by atoms with E-state index < -0.39 is 10.8 Å². The van der Waals surface area contributed by atoms with E-state index in [4.69, 9.17) is 0 Å². The minimum Gasteiger partial charge on any atom is -0.379 e. The lowest BCUT2D eigenvalue weighted by Gasteiger charge is -2.24. The molecule has 0 radical (unpaired) electrons. The van der Waals surface area contributed by atoms with E-state index in [0.29, 0.717) is 6.04 Å². The normalized spacial score (nSPS) is 22.6. The summed E-state index contributed by atoms with van der Waals surface area (Å²) in [6.07, 6.45) is 7.37. The van der Waals surface area contributed by atoms with Crippen molar-refractivity contribution in [3.8, 4) is 5.82 Å². The van der Waals surface area contributed by atoms with Crippen LogP contribution in [0.1, 0.15) is 18.7 Å². The maximum absolute atomic E-state index is 11.4. The zero-order valence-corrected chi connectivity index (χ0v) is 12.3. The van der Waals surface area contributed by atoms with E-state index in [-0.39, 0.29) is 0 Å². The van der Waals surface area contributed by atoms with Crippen LogP contribution in [-0.2, 0) is 10.8 Å². The molecule has 0 unspecified atom stereocenters. The molecular formula is C14H18N4OS. The van der Waals surface area contributed by atoms with E-state index in [1.54, 1.807) is 12.4 Å². The van der Waals surface area contributed by atoms with E-state index in [0.717, 1.165) is 41.7 Å². The number of pyridine rings is 1. The summed E-state index contributed by atoms with van der Waals surface area (Å²) in [5.74, 6) is 3.36. The summed E-state index contributed by atoms with van der Waals surface area (Å²) < 4.78 is 13.4. The molecule has 20 heavy (non-hydrogen) atoms. The fraction of sp³-hybridized carbons (Fsp3) is 0.429. The Morgan fingerprint density at radius 1 is 1.30 bits per heavy atom. The Labute approximate surface area is 120 Å². The van der Waals surface area contributed by atoms with Gasteiger partial charge in [0.2, 0.25) is 0 Å². The lowest BCUT2D eigenvalue weighted by Crippen LogP contribution is -2.29. The van der Waals surface area contributed by atoms with Crippen LogP contribution in [0.4, 0.5) is 5.69 Å². The Morgan fingerprint density at radius 2 is 2.10 bits per heavy atom. The number of hydrogen-bond acceptors (Lipinski definition) is 4. The van der Waals surface area contributed by atoms with Gasteiger partial charge in [-0.25, -0.2) is 9.97 Å². The first-order valence-corrected chi connectivity index (χ1v) is 8.29. The highest BCUT2D eigenvalue weighted by Gasteiger charge is 2.19. The number of nitrogens with zero attached hydrogens (tertiary/aromatic N) is 3. The van der Waals surface area contributed by atoms with Gasteiger partial charge in [-0.1, -0.05) is 0 Å². The van der Waals surface area contributed by atoms with Gasteiger partial charge in [0.1, 0.15) is 5.82 Å².